The molecule has 0 amide bonds. The Kier molecular flexibility index (Phi) is 30.7. The van der Waals surface area contributed by atoms with Gasteiger partial charge in [0.2, 0.25) is 0 Å². The quantitative estimate of drug-likeness (QED) is 0.652. The van der Waals surface area contributed by atoms with Crippen LogP contribution >= 0.6 is 9.24 Å². The third-order valence-electron chi connectivity index (χ3n) is 1.70. The smallest absolute Gasteiger partial charge is 0.0646 e. The molecule has 1 unspecified atom stereocenters. The monoisotopic (exact) mass is 361 g/mol. The molecule has 0 saturated carbocycles. The predicted molar refractivity (Wildman–Crippen MR) is 51.1 cm³/mol. The summed E-state index contributed by atoms with van der Waals surface area (Å²) < 4.78 is 0. The van der Waals surface area contributed by atoms with E-state index in [9.17, 15) is 0 Å². The fourth-order valence-electron chi connectivity index (χ4n) is 1.14. The summed E-state index contributed by atoms with van der Waals surface area (Å²) in [6.45, 7) is 0. The van der Waals surface area contributed by atoms with Crippen molar-refractivity contribution in [2.45, 2.75) is 0 Å². The second-order valence-corrected chi connectivity index (χ2v) is 2.96. The first-order chi connectivity index (χ1) is 5.38. The molecule has 0 saturated heterocycles. The Hall–Kier alpha value is 5.36. The summed E-state index contributed by atoms with van der Waals surface area (Å²) in [4.78, 5) is 4.17. The van der Waals surface area contributed by atoms with Crippen LogP contribution in [-0.4, -0.2) is 4.98 Å². The topological polar surface area (TPSA) is 12.9 Å². The van der Waals surface area contributed by atoms with Gasteiger partial charge in [0.25, 0.3) is 0 Å². The van der Waals surface area contributed by atoms with Crippen molar-refractivity contribution < 1.29 is 189 Å². The van der Waals surface area contributed by atoms with E-state index in [0.29, 0.717) is 0 Å². The summed E-state index contributed by atoms with van der Waals surface area (Å²) in [6.07, 6.45) is 1.82. The van der Waals surface area contributed by atoms with Gasteiger partial charge >= 0.3 is 0 Å². The molecule has 0 aliphatic carbocycles. The average molecular weight is 361 g/mol. The number of rotatable bonds is 0. The van der Waals surface area contributed by atoms with Gasteiger partial charge in [0.05, 0.1) is 5.44 Å². The molecule has 0 aliphatic heterocycles. The molecule has 0 bridgehead atoms. The molecule has 1 aromatic heterocycles. The number of aromatic nitrogens is 1. The molecule has 7 heteroatoms. The van der Waals surface area contributed by atoms with Gasteiger partial charge in [-0.3, -0.25) is 4.98 Å². The van der Waals surface area contributed by atoms with Crippen molar-refractivity contribution in [2.24, 2.45) is 0 Å². The molecular weight excluding hydrogens is 353 g/mol. The number of pyridine rings is 1. The standard InChI is InChI=1S/C9H8NP.5Ar/c11-9-8-4-2-1-3-7(8)5-6-10-9;;;;;/h1-6H,11H2;;;;;. The Morgan fingerprint density at radius 2 is 1.38 bits per heavy atom. The fourth-order valence-corrected chi connectivity index (χ4v) is 1.49. The van der Waals surface area contributed by atoms with E-state index in [1.165, 1.54) is 10.8 Å². The summed E-state index contributed by atoms with van der Waals surface area (Å²) >= 11 is 0. The van der Waals surface area contributed by atoms with Crippen molar-refractivity contribution >= 4 is 25.4 Å². The zero-order valence-electron chi connectivity index (χ0n) is 7.76. The van der Waals surface area contributed by atoms with E-state index in [4.69, 9.17) is 0 Å². The molecule has 1 heterocycles. The maximum atomic E-state index is 4.17. The van der Waals surface area contributed by atoms with Gasteiger partial charge in [-0.1, -0.05) is 33.5 Å². The summed E-state index contributed by atoms with van der Waals surface area (Å²) in [5, 5.41) is 2.45. The van der Waals surface area contributed by atoms with Crippen LogP contribution in [0.1, 0.15) is 0 Å². The molecule has 2 rings (SSSR count). The Labute approximate surface area is 248 Å². The number of hydrogen-bond acceptors (Lipinski definition) is 1. The van der Waals surface area contributed by atoms with E-state index in [2.05, 4.69) is 26.4 Å². The molecule has 0 aliphatic rings. The fraction of sp³-hybridized carbons (Fsp3) is 0. The Morgan fingerprint density at radius 3 is 1.94 bits per heavy atom. The maximum absolute atomic E-state index is 4.17. The largest absolute Gasteiger partial charge is 0.256 e. The van der Waals surface area contributed by atoms with Crippen LogP contribution < -0.4 is 5.44 Å². The van der Waals surface area contributed by atoms with Crippen molar-refractivity contribution in [2.75, 3.05) is 0 Å². The molecule has 0 radical (unpaired) electrons. The summed E-state index contributed by atoms with van der Waals surface area (Å²) in [6, 6.07) is 10.2. The van der Waals surface area contributed by atoms with E-state index < -0.39 is 0 Å². The Bertz CT molecular complexity index is 393. The van der Waals surface area contributed by atoms with Crippen LogP contribution in [0.25, 0.3) is 10.8 Å². The summed E-state index contributed by atoms with van der Waals surface area (Å²) in [5.74, 6) is 0. The van der Waals surface area contributed by atoms with Crippen molar-refractivity contribution in [1.82, 2.24) is 4.98 Å². The SMILES string of the molecule is Pc1nccc2ccccc12.[Ar].[Ar].[Ar].[Ar].[Ar]. The summed E-state index contributed by atoms with van der Waals surface area (Å²) in [5.41, 5.74) is 1.02. The molecule has 0 fully saturated rings. The van der Waals surface area contributed by atoms with Gasteiger partial charge in [-0.25, -0.2) is 0 Å². The van der Waals surface area contributed by atoms with Crippen LogP contribution in [-0.2, 0) is 0 Å². The number of fused-ring (bicyclic) bond motifs is 1. The first-order valence-electron chi connectivity index (χ1n) is 3.47. The second kappa shape index (κ2) is 16.7. The number of nitrogens with zero attached hydrogens (tertiary/aromatic N) is 1. The summed E-state index contributed by atoms with van der Waals surface area (Å²) in [7, 11) is 2.63. The Morgan fingerprint density at radius 1 is 0.812 bits per heavy atom. The van der Waals surface area contributed by atoms with Crippen LogP contribution in [0.15, 0.2) is 36.5 Å². The van der Waals surface area contributed by atoms with Crippen LogP contribution in [0, 0.1) is 189 Å². The molecule has 0 N–H and O–H groups in total. The molecule has 1 atom stereocenters. The van der Waals surface area contributed by atoms with Crippen LogP contribution in [0.3, 0.4) is 0 Å². The zero-order chi connectivity index (χ0) is 7.68. The van der Waals surface area contributed by atoms with Gasteiger partial charge in [-0.05, 0) is 11.5 Å². The molecule has 16 heavy (non-hydrogen) atoms. The van der Waals surface area contributed by atoms with E-state index in [1.54, 1.807) is 0 Å². The van der Waals surface area contributed by atoms with Gasteiger partial charge < -0.3 is 0 Å². The minimum Gasteiger partial charge on any atom is -0.256 e. The van der Waals surface area contributed by atoms with Gasteiger partial charge in [-0.2, -0.15) is 0 Å². The van der Waals surface area contributed by atoms with Crippen molar-refractivity contribution in [3.63, 3.8) is 0 Å². The molecule has 2 aromatic rings. The van der Waals surface area contributed by atoms with Crippen LogP contribution in [0.2, 0.25) is 0 Å². The van der Waals surface area contributed by atoms with Gasteiger partial charge in [-0.15, -0.1) is 0 Å². The van der Waals surface area contributed by atoms with Gasteiger partial charge in [0.1, 0.15) is 0 Å². The zero-order valence-corrected chi connectivity index (χ0v) is 12.4. The molecule has 1 nitrogen and oxygen atoms in total. The van der Waals surface area contributed by atoms with Crippen molar-refractivity contribution in [1.29, 1.82) is 0 Å². The van der Waals surface area contributed by atoms with E-state index in [-0.39, 0.29) is 189 Å². The average Bonchev–Trinajstić information content (AvgIpc) is 2.06. The predicted octanol–water partition coefficient (Wildman–Crippen LogP) is 1.74. The molecule has 0 spiro atoms. The van der Waals surface area contributed by atoms with E-state index in [1.807, 2.05) is 24.4 Å². The van der Waals surface area contributed by atoms with Crippen molar-refractivity contribution in [3.05, 3.63) is 36.5 Å². The minimum atomic E-state index is 0. The van der Waals surface area contributed by atoms with Gasteiger partial charge in [0, 0.05) is 200 Å². The third kappa shape index (κ3) is 9.39. The maximum Gasteiger partial charge on any atom is 0.0646 e. The van der Waals surface area contributed by atoms with Crippen LogP contribution in [0.4, 0.5) is 0 Å². The van der Waals surface area contributed by atoms with Gasteiger partial charge in [0.15, 0.2) is 0 Å². The normalized spacial score (nSPS) is 7.06. The van der Waals surface area contributed by atoms with Crippen molar-refractivity contribution in [3.8, 4) is 0 Å². The first-order valence-corrected chi connectivity index (χ1v) is 4.05. The van der Waals surface area contributed by atoms with E-state index >= 15 is 0 Å². The molecule has 1 aromatic carbocycles. The number of benzene rings is 1. The van der Waals surface area contributed by atoms with E-state index in [0.717, 1.165) is 5.44 Å². The number of hydrogen-bond donors (Lipinski definition) is 0. The first kappa shape index (κ1) is 29.4. The molecule has 94 valence electrons. The second-order valence-electron chi connectivity index (χ2n) is 2.42. The van der Waals surface area contributed by atoms with Crippen LogP contribution in [0.5, 0.6) is 0 Å². The third-order valence-corrected chi connectivity index (χ3v) is 2.16. The molecular formula is C9H8Ar5NP. The minimum absolute atomic E-state index is 0. The Balaban J connectivity index is -0.000000144.